The highest BCUT2D eigenvalue weighted by Crippen LogP contribution is 2.18. The second-order valence-corrected chi connectivity index (χ2v) is 3.73. The molecule has 0 saturated carbocycles. The first-order valence-electron chi connectivity index (χ1n) is 5.43. The van der Waals surface area contributed by atoms with Gasteiger partial charge in [0.25, 0.3) is 0 Å². The smallest absolute Gasteiger partial charge is 0.397 e. The van der Waals surface area contributed by atoms with Crippen LogP contribution < -0.4 is 20.2 Å². The monoisotopic (exact) mass is 238 g/mol. The number of methoxy groups -OCH3 is 1. The first-order chi connectivity index (χ1) is 8.13. The van der Waals surface area contributed by atoms with Crippen molar-refractivity contribution in [3.8, 4) is 12.0 Å². The molecule has 0 spiro atoms. The highest BCUT2D eigenvalue weighted by atomic mass is 16.5. The van der Waals surface area contributed by atoms with Crippen molar-refractivity contribution in [3.63, 3.8) is 0 Å². The Bertz CT molecular complexity index is 525. The molecular formula is C10H16N5O2+. The van der Waals surface area contributed by atoms with Gasteiger partial charge >= 0.3 is 17.7 Å². The van der Waals surface area contributed by atoms with E-state index in [4.69, 9.17) is 15.2 Å². The van der Waals surface area contributed by atoms with Gasteiger partial charge in [-0.15, -0.1) is 0 Å². The molecule has 0 aliphatic heterocycles. The standard InChI is InChI=1S/C10H15N5O2/c1-4-5(2)17-10-13-7(11)6-8(15-10)14-9(12-6)16-3/h5H,4H2,1-3H3,(H3,11,12,13,14,15)/p+1/t5-/m0/s1. The zero-order chi connectivity index (χ0) is 12.4. The molecule has 92 valence electrons. The molecule has 2 rings (SSSR count). The number of hydrogen-bond acceptors (Lipinski definition) is 5. The van der Waals surface area contributed by atoms with E-state index in [9.17, 15) is 0 Å². The lowest BCUT2D eigenvalue weighted by Crippen LogP contribution is -2.13. The highest BCUT2D eigenvalue weighted by molar-refractivity contribution is 5.79. The topological polar surface area (TPSA) is 100 Å². The molecule has 0 radical (unpaired) electrons. The van der Waals surface area contributed by atoms with Gasteiger partial charge in [0, 0.05) is 0 Å². The van der Waals surface area contributed by atoms with Crippen LogP contribution in [0.2, 0.25) is 0 Å². The Balaban J connectivity index is 2.40. The summed E-state index contributed by atoms with van der Waals surface area (Å²) in [6.45, 7) is 3.98. The third-order valence-electron chi connectivity index (χ3n) is 2.47. The van der Waals surface area contributed by atoms with Crippen LogP contribution in [-0.4, -0.2) is 28.2 Å². The number of aromatic nitrogens is 4. The average Bonchev–Trinajstić information content (AvgIpc) is 2.72. The number of aromatic amines is 2. The fourth-order valence-corrected chi connectivity index (χ4v) is 1.34. The molecule has 0 unspecified atom stereocenters. The molecule has 17 heavy (non-hydrogen) atoms. The molecule has 2 heterocycles. The number of anilines is 1. The molecule has 0 fully saturated rings. The van der Waals surface area contributed by atoms with E-state index in [-0.39, 0.29) is 12.1 Å². The number of nitrogens with one attached hydrogen (secondary N) is 2. The maximum atomic E-state index is 5.80. The van der Waals surface area contributed by atoms with E-state index in [0.717, 1.165) is 6.42 Å². The largest absolute Gasteiger partial charge is 0.448 e. The van der Waals surface area contributed by atoms with E-state index in [1.54, 1.807) is 7.11 Å². The Kier molecular flexibility index (Phi) is 2.99. The number of nitrogens with two attached hydrogens (primary N) is 1. The molecule has 0 aliphatic rings. The van der Waals surface area contributed by atoms with Gasteiger partial charge in [-0.05, 0) is 18.3 Å². The van der Waals surface area contributed by atoms with E-state index in [1.165, 1.54) is 0 Å². The van der Waals surface area contributed by atoms with Crippen molar-refractivity contribution >= 4 is 17.0 Å². The Labute approximate surface area is 98.4 Å². The fourth-order valence-electron chi connectivity index (χ4n) is 1.34. The number of hydrogen-bond donors (Lipinski definition) is 2. The van der Waals surface area contributed by atoms with Crippen LogP contribution in [0.15, 0.2) is 0 Å². The van der Waals surface area contributed by atoms with Crippen LogP contribution in [-0.2, 0) is 0 Å². The number of H-pyrrole nitrogens is 2. The molecule has 2 aromatic heterocycles. The van der Waals surface area contributed by atoms with Gasteiger partial charge in [0.05, 0.1) is 7.11 Å². The van der Waals surface area contributed by atoms with Crippen LogP contribution >= 0.6 is 0 Å². The van der Waals surface area contributed by atoms with Crippen LogP contribution in [0.25, 0.3) is 11.2 Å². The van der Waals surface area contributed by atoms with Gasteiger partial charge in [0.1, 0.15) is 6.10 Å². The minimum atomic E-state index is 0.0488. The minimum Gasteiger partial charge on any atom is -0.448 e. The van der Waals surface area contributed by atoms with Gasteiger partial charge in [-0.25, -0.2) is 9.97 Å². The van der Waals surface area contributed by atoms with E-state index < -0.39 is 0 Å². The summed E-state index contributed by atoms with van der Waals surface area (Å²) in [5, 5.41) is 0. The van der Waals surface area contributed by atoms with E-state index in [0.29, 0.717) is 23.0 Å². The lowest BCUT2D eigenvalue weighted by atomic mass is 10.3. The van der Waals surface area contributed by atoms with Crippen LogP contribution in [0, 0.1) is 0 Å². The van der Waals surface area contributed by atoms with Crippen molar-refractivity contribution in [1.82, 2.24) is 15.0 Å². The Morgan fingerprint density at radius 3 is 2.88 bits per heavy atom. The summed E-state index contributed by atoms with van der Waals surface area (Å²) in [5.74, 6) is 0.327. The number of nitrogens with zero attached hydrogens (tertiary/aromatic N) is 2. The zero-order valence-corrected chi connectivity index (χ0v) is 10.1. The van der Waals surface area contributed by atoms with Crippen LogP contribution in [0.3, 0.4) is 0 Å². The van der Waals surface area contributed by atoms with Gasteiger partial charge in [-0.1, -0.05) is 6.92 Å². The van der Waals surface area contributed by atoms with E-state index in [1.807, 2.05) is 13.8 Å². The quantitative estimate of drug-likeness (QED) is 0.809. The number of ether oxygens (including phenoxy) is 2. The molecule has 2 aromatic rings. The lowest BCUT2D eigenvalue weighted by molar-refractivity contribution is -0.364. The second-order valence-electron chi connectivity index (χ2n) is 3.73. The average molecular weight is 238 g/mol. The van der Waals surface area contributed by atoms with Gasteiger partial charge in [0.2, 0.25) is 5.52 Å². The lowest BCUT2D eigenvalue weighted by Gasteiger charge is -2.07. The molecule has 0 aliphatic carbocycles. The summed E-state index contributed by atoms with van der Waals surface area (Å²) in [6, 6.07) is 0.740. The Hall–Kier alpha value is -2.05. The second kappa shape index (κ2) is 4.44. The predicted octanol–water partition coefficient (Wildman–Crippen LogP) is 0.540. The maximum absolute atomic E-state index is 5.80. The summed E-state index contributed by atoms with van der Waals surface area (Å²) in [5.41, 5.74) is 6.98. The predicted molar refractivity (Wildman–Crippen MR) is 61.8 cm³/mol. The first kappa shape index (κ1) is 11.4. The molecule has 0 bridgehead atoms. The summed E-state index contributed by atoms with van der Waals surface area (Å²) < 4.78 is 10.5. The zero-order valence-electron chi connectivity index (χ0n) is 10.1. The molecule has 7 heteroatoms. The third-order valence-corrected chi connectivity index (χ3v) is 2.47. The molecule has 7 nitrogen and oxygen atoms in total. The number of imidazole rings is 1. The van der Waals surface area contributed by atoms with Gasteiger partial charge in [0.15, 0.2) is 5.82 Å². The third kappa shape index (κ3) is 2.22. The molecule has 4 N–H and O–H groups in total. The number of nitrogen functional groups attached to an aromatic ring is 1. The van der Waals surface area contributed by atoms with E-state index >= 15 is 0 Å². The molecule has 0 amide bonds. The summed E-state index contributed by atoms with van der Waals surface area (Å²) in [7, 11) is 1.54. The maximum Gasteiger partial charge on any atom is 0.397 e. The van der Waals surface area contributed by atoms with E-state index in [2.05, 4.69) is 19.9 Å². The summed E-state index contributed by atoms with van der Waals surface area (Å²) >= 11 is 0. The van der Waals surface area contributed by atoms with Crippen LogP contribution in [0.1, 0.15) is 20.3 Å². The Morgan fingerprint density at radius 2 is 2.24 bits per heavy atom. The van der Waals surface area contributed by atoms with Crippen molar-refractivity contribution < 1.29 is 14.5 Å². The van der Waals surface area contributed by atoms with Crippen LogP contribution in [0.4, 0.5) is 5.82 Å². The Morgan fingerprint density at radius 1 is 1.47 bits per heavy atom. The highest BCUT2D eigenvalue weighted by Gasteiger charge is 2.19. The minimum absolute atomic E-state index is 0.0488. The molecular weight excluding hydrogens is 222 g/mol. The van der Waals surface area contributed by atoms with Gasteiger partial charge in [-0.2, -0.15) is 4.98 Å². The fraction of sp³-hybridized carbons (Fsp3) is 0.500. The molecule has 1 atom stereocenters. The first-order valence-corrected chi connectivity index (χ1v) is 5.43. The molecule has 0 aromatic carbocycles. The van der Waals surface area contributed by atoms with Crippen molar-refractivity contribution in [3.05, 3.63) is 0 Å². The summed E-state index contributed by atoms with van der Waals surface area (Å²) in [4.78, 5) is 14.1. The number of fused-ring (bicyclic) bond motifs is 1. The van der Waals surface area contributed by atoms with Gasteiger partial charge < -0.3 is 15.2 Å². The van der Waals surface area contributed by atoms with Crippen molar-refractivity contribution in [1.29, 1.82) is 0 Å². The number of rotatable bonds is 4. The SMILES string of the molecule is CC[C@H](C)Oc1nc(N)c2[nH]c(OC)[nH+]c2n1. The normalized spacial score (nSPS) is 12.6. The van der Waals surface area contributed by atoms with Gasteiger partial charge in [-0.3, -0.25) is 0 Å². The van der Waals surface area contributed by atoms with Crippen molar-refractivity contribution in [2.75, 3.05) is 12.8 Å². The molecule has 0 saturated heterocycles. The van der Waals surface area contributed by atoms with Crippen molar-refractivity contribution in [2.45, 2.75) is 26.4 Å². The van der Waals surface area contributed by atoms with Crippen molar-refractivity contribution in [2.24, 2.45) is 0 Å². The van der Waals surface area contributed by atoms with Crippen LogP contribution in [0.5, 0.6) is 12.0 Å². The summed E-state index contributed by atoms with van der Waals surface area (Å²) in [6.07, 6.45) is 0.925.